The van der Waals surface area contributed by atoms with Gasteiger partial charge >= 0.3 is 0 Å². The zero-order valence-corrected chi connectivity index (χ0v) is 8.80. The van der Waals surface area contributed by atoms with Crippen molar-refractivity contribution in [2.24, 2.45) is 0 Å². The van der Waals surface area contributed by atoms with Gasteiger partial charge in [-0.2, -0.15) is 0 Å². The van der Waals surface area contributed by atoms with Crippen molar-refractivity contribution in [3.63, 3.8) is 0 Å². The third kappa shape index (κ3) is 3.57. The summed E-state index contributed by atoms with van der Waals surface area (Å²) in [5.74, 6) is -0.152. The van der Waals surface area contributed by atoms with E-state index < -0.39 is 0 Å². The van der Waals surface area contributed by atoms with Crippen LogP contribution in [0.25, 0.3) is 0 Å². The number of amides is 1. The Labute approximate surface area is 85.2 Å². The van der Waals surface area contributed by atoms with E-state index in [0.717, 1.165) is 10.0 Å². The maximum Gasteiger partial charge on any atom is 0.247 e. The highest BCUT2D eigenvalue weighted by Crippen LogP contribution is 2.11. The van der Waals surface area contributed by atoms with Crippen LogP contribution in [0.5, 0.6) is 0 Å². The Morgan fingerprint density at radius 1 is 1.62 bits per heavy atom. The number of nitrogens with one attached hydrogen (secondary N) is 1. The smallest absolute Gasteiger partial charge is 0.247 e. The third-order valence-electron chi connectivity index (χ3n) is 1.47. The second-order valence-corrected chi connectivity index (χ2v) is 3.45. The number of benzene rings is 1. The Morgan fingerprint density at radius 2 is 2.38 bits per heavy atom. The highest BCUT2D eigenvalue weighted by Gasteiger charge is 2.01. The van der Waals surface area contributed by atoms with Crippen molar-refractivity contribution >= 4 is 21.8 Å². The molecule has 1 aromatic rings. The van der Waals surface area contributed by atoms with Crippen LogP contribution in [0.4, 0.5) is 0 Å². The first-order valence-corrected chi connectivity index (χ1v) is 4.58. The zero-order valence-electron chi connectivity index (χ0n) is 7.21. The van der Waals surface area contributed by atoms with Crippen LogP contribution in [0.1, 0.15) is 5.56 Å². The van der Waals surface area contributed by atoms with Crippen LogP contribution in [-0.4, -0.2) is 13.0 Å². The molecule has 1 aromatic carbocycles. The molecule has 4 heteroatoms. The second kappa shape index (κ2) is 4.99. The lowest BCUT2D eigenvalue weighted by molar-refractivity contribution is -0.130. The summed E-state index contributed by atoms with van der Waals surface area (Å²) in [6, 6.07) is 7.59. The molecule has 1 amide bonds. The molecule has 0 aliphatic rings. The largest absolute Gasteiger partial charge is 0.277 e. The standard InChI is InChI=1S/C9H10BrNO2/c1-13-11-9(12)6-7-3-2-4-8(10)5-7/h2-5H,6H2,1H3,(H,11,12). The molecular weight excluding hydrogens is 234 g/mol. The van der Waals surface area contributed by atoms with Gasteiger partial charge in [0, 0.05) is 4.47 Å². The Morgan fingerprint density at radius 3 is 3.00 bits per heavy atom. The lowest BCUT2D eigenvalue weighted by Crippen LogP contribution is -2.23. The molecule has 0 unspecified atom stereocenters. The van der Waals surface area contributed by atoms with Crippen molar-refractivity contribution in [1.29, 1.82) is 0 Å². The number of halogens is 1. The average molecular weight is 244 g/mol. The fraction of sp³-hybridized carbons (Fsp3) is 0.222. The van der Waals surface area contributed by atoms with Crippen LogP contribution in [0, 0.1) is 0 Å². The van der Waals surface area contributed by atoms with Gasteiger partial charge in [0.15, 0.2) is 0 Å². The van der Waals surface area contributed by atoms with Gasteiger partial charge in [-0.15, -0.1) is 0 Å². The summed E-state index contributed by atoms with van der Waals surface area (Å²) in [6.07, 6.45) is 0.327. The molecule has 0 saturated carbocycles. The van der Waals surface area contributed by atoms with Crippen molar-refractivity contribution < 1.29 is 9.63 Å². The minimum Gasteiger partial charge on any atom is -0.277 e. The summed E-state index contributed by atoms with van der Waals surface area (Å²) in [4.78, 5) is 15.6. The number of carbonyl (C=O) groups is 1. The van der Waals surface area contributed by atoms with Crippen LogP contribution < -0.4 is 5.48 Å². The SMILES string of the molecule is CONC(=O)Cc1cccc(Br)c1. The first-order chi connectivity index (χ1) is 6.22. The van der Waals surface area contributed by atoms with Crippen molar-refractivity contribution in [3.05, 3.63) is 34.3 Å². The highest BCUT2D eigenvalue weighted by atomic mass is 79.9. The molecular formula is C9H10BrNO2. The molecule has 0 bridgehead atoms. The van der Waals surface area contributed by atoms with Crippen molar-refractivity contribution in [2.45, 2.75) is 6.42 Å². The number of rotatable bonds is 3. The number of carbonyl (C=O) groups excluding carboxylic acids is 1. The van der Waals surface area contributed by atoms with Crippen molar-refractivity contribution in [2.75, 3.05) is 7.11 Å². The van der Waals surface area contributed by atoms with E-state index in [0.29, 0.717) is 6.42 Å². The summed E-state index contributed by atoms with van der Waals surface area (Å²) < 4.78 is 0.968. The molecule has 1 N–H and O–H groups in total. The average Bonchev–Trinajstić information content (AvgIpc) is 2.04. The Balaban J connectivity index is 2.58. The molecule has 0 aliphatic heterocycles. The van der Waals surface area contributed by atoms with Gasteiger partial charge in [0.25, 0.3) is 0 Å². The summed E-state index contributed by atoms with van der Waals surface area (Å²) in [5.41, 5.74) is 3.21. The van der Waals surface area contributed by atoms with Gasteiger partial charge in [-0.05, 0) is 17.7 Å². The maximum absolute atomic E-state index is 11.1. The van der Waals surface area contributed by atoms with E-state index in [-0.39, 0.29) is 5.91 Å². The molecule has 0 radical (unpaired) electrons. The van der Waals surface area contributed by atoms with Gasteiger partial charge in [-0.1, -0.05) is 28.1 Å². The molecule has 0 aromatic heterocycles. The van der Waals surface area contributed by atoms with Gasteiger partial charge in [-0.3, -0.25) is 9.63 Å². The van der Waals surface area contributed by atoms with Gasteiger partial charge < -0.3 is 0 Å². The van der Waals surface area contributed by atoms with Crippen LogP contribution in [0.15, 0.2) is 28.7 Å². The quantitative estimate of drug-likeness (QED) is 0.821. The molecule has 0 saturated heterocycles. The summed E-state index contributed by atoms with van der Waals surface area (Å²) in [7, 11) is 1.42. The third-order valence-corrected chi connectivity index (χ3v) is 1.96. The zero-order chi connectivity index (χ0) is 9.68. The fourth-order valence-electron chi connectivity index (χ4n) is 0.982. The van der Waals surface area contributed by atoms with Gasteiger partial charge in [0.05, 0.1) is 13.5 Å². The van der Waals surface area contributed by atoms with E-state index in [1.54, 1.807) is 0 Å². The maximum atomic E-state index is 11.1. The van der Waals surface area contributed by atoms with Crippen LogP contribution in [0.3, 0.4) is 0 Å². The highest BCUT2D eigenvalue weighted by molar-refractivity contribution is 9.10. The molecule has 1 rings (SSSR count). The fourth-order valence-corrected chi connectivity index (χ4v) is 1.43. The van der Waals surface area contributed by atoms with Gasteiger partial charge in [-0.25, -0.2) is 5.48 Å². The van der Waals surface area contributed by atoms with Crippen LogP contribution >= 0.6 is 15.9 Å². The number of hydrogen-bond donors (Lipinski definition) is 1. The van der Waals surface area contributed by atoms with E-state index in [1.165, 1.54) is 7.11 Å². The number of hydrogen-bond acceptors (Lipinski definition) is 2. The summed E-state index contributed by atoms with van der Waals surface area (Å²) >= 11 is 3.33. The number of hydroxylamine groups is 1. The summed E-state index contributed by atoms with van der Waals surface area (Å²) in [6.45, 7) is 0. The lowest BCUT2D eigenvalue weighted by Gasteiger charge is -2.02. The molecule has 0 fully saturated rings. The first-order valence-electron chi connectivity index (χ1n) is 3.78. The van der Waals surface area contributed by atoms with E-state index in [4.69, 9.17) is 0 Å². The van der Waals surface area contributed by atoms with Crippen molar-refractivity contribution in [3.8, 4) is 0 Å². The second-order valence-electron chi connectivity index (χ2n) is 2.54. The minimum absolute atomic E-state index is 0.152. The monoisotopic (exact) mass is 243 g/mol. The van der Waals surface area contributed by atoms with Gasteiger partial charge in [0.1, 0.15) is 0 Å². The van der Waals surface area contributed by atoms with E-state index in [9.17, 15) is 4.79 Å². The predicted molar refractivity (Wildman–Crippen MR) is 53.0 cm³/mol. The van der Waals surface area contributed by atoms with E-state index in [2.05, 4.69) is 26.2 Å². The normalized spacial score (nSPS) is 9.69. The Bertz CT molecular complexity index is 301. The molecule has 0 heterocycles. The van der Waals surface area contributed by atoms with Crippen LogP contribution in [0.2, 0.25) is 0 Å². The minimum atomic E-state index is -0.152. The Kier molecular flexibility index (Phi) is 3.92. The van der Waals surface area contributed by atoms with Crippen molar-refractivity contribution in [1.82, 2.24) is 5.48 Å². The van der Waals surface area contributed by atoms with Crippen LogP contribution in [-0.2, 0) is 16.1 Å². The first kappa shape index (κ1) is 10.2. The van der Waals surface area contributed by atoms with E-state index >= 15 is 0 Å². The molecule has 0 spiro atoms. The molecule has 0 aliphatic carbocycles. The van der Waals surface area contributed by atoms with E-state index in [1.807, 2.05) is 24.3 Å². The molecule has 13 heavy (non-hydrogen) atoms. The molecule has 3 nitrogen and oxygen atoms in total. The molecule has 70 valence electrons. The molecule has 0 atom stereocenters. The van der Waals surface area contributed by atoms with Gasteiger partial charge in [0.2, 0.25) is 5.91 Å². The predicted octanol–water partition coefficient (Wildman–Crippen LogP) is 1.67. The summed E-state index contributed by atoms with van der Waals surface area (Å²) in [5, 5.41) is 0. The lowest BCUT2D eigenvalue weighted by atomic mass is 10.1. The Hall–Kier alpha value is -0.870. The topological polar surface area (TPSA) is 38.3 Å².